The molecule has 0 spiro atoms. The van der Waals surface area contributed by atoms with Crippen molar-refractivity contribution in [3.63, 3.8) is 0 Å². The van der Waals surface area contributed by atoms with Crippen molar-refractivity contribution in [1.82, 2.24) is 0 Å². The summed E-state index contributed by atoms with van der Waals surface area (Å²) in [6.45, 7) is 7.52. The van der Waals surface area contributed by atoms with Crippen molar-refractivity contribution in [2.75, 3.05) is 0 Å². The summed E-state index contributed by atoms with van der Waals surface area (Å²) in [6.07, 6.45) is 2.56. The Kier molecular flexibility index (Phi) is 7.72. The van der Waals surface area contributed by atoms with Gasteiger partial charge in [-0.25, -0.2) is 8.78 Å². The first-order valence-corrected chi connectivity index (χ1v) is 6.21. The first-order valence-electron chi connectivity index (χ1n) is 6.21. The summed E-state index contributed by atoms with van der Waals surface area (Å²) in [5, 5.41) is 0. The average Bonchev–Trinajstić information content (AvgIpc) is 2.28. The van der Waals surface area contributed by atoms with Crippen LogP contribution in [0.1, 0.15) is 44.7 Å². The lowest BCUT2D eigenvalue weighted by Gasteiger charge is -2.06. The van der Waals surface area contributed by atoms with Crippen LogP contribution in [0.5, 0.6) is 0 Å². The molecule has 0 saturated carbocycles. The van der Waals surface area contributed by atoms with Gasteiger partial charge in [0.15, 0.2) is 11.6 Å². The average molecular weight is 243 g/mol. The normalized spacial score (nSPS) is 11.7. The standard InChI is InChI=1S/C12H17F2N.C2H6/c1-8-6-10(5-3-4-9(2)15)7-11(13)12(8)14;1-2/h6-7,9H,3-5,15H2,1-2H3;1-2H3/t9-;/m0./s1. The number of nitrogens with two attached hydrogens (primary N) is 1. The monoisotopic (exact) mass is 243 g/mol. The predicted molar refractivity (Wildman–Crippen MR) is 69.0 cm³/mol. The number of aryl methyl sites for hydroxylation is 2. The molecule has 17 heavy (non-hydrogen) atoms. The minimum absolute atomic E-state index is 0.163. The van der Waals surface area contributed by atoms with Gasteiger partial charge in [-0.1, -0.05) is 19.9 Å². The van der Waals surface area contributed by atoms with Crippen LogP contribution in [-0.2, 0) is 6.42 Å². The molecular weight excluding hydrogens is 220 g/mol. The molecule has 1 aromatic rings. The van der Waals surface area contributed by atoms with Crippen molar-refractivity contribution in [2.45, 2.75) is 53.0 Å². The van der Waals surface area contributed by atoms with E-state index in [1.54, 1.807) is 13.0 Å². The SMILES string of the molecule is CC.Cc1cc(CCC[C@H](C)N)cc(F)c1F. The van der Waals surface area contributed by atoms with Gasteiger partial charge in [-0.2, -0.15) is 0 Å². The summed E-state index contributed by atoms with van der Waals surface area (Å²) in [7, 11) is 0. The van der Waals surface area contributed by atoms with E-state index < -0.39 is 11.6 Å². The molecule has 0 heterocycles. The highest BCUT2D eigenvalue weighted by Crippen LogP contribution is 2.15. The Morgan fingerprint density at radius 2 is 1.82 bits per heavy atom. The summed E-state index contributed by atoms with van der Waals surface area (Å²) in [4.78, 5) is 0. The van der Waals surface area contributed by atoms with Crippen molar-refractivity contribution in [2.24, 2.45) is 5.73 Å². The maximum Gasteiger partial charge on any atom is 0.161 e. The van der Waals surface area contributed by atoms with Crippen molar-refractivity contribution < 1.29 is 8.78 Å². The Hall–Kier alpha value is -0.960. The molecule has 0 saturated heterocycles. The molecule has 0 aliphatic rings. The molecule has 0 unspecified atom stereocenters. The largest absolute Gasteiger partial charge is 0.328 e. The van der Waals surface area contributed by atoms with Crippen LogP contribution in [0.15, 0.2) is 12.1 Å². The van der Waals surface area contributed by atoms with Crippen LogP contribution in [0.25, 0.3) is 0 Å². The molecule has 0 aliphatic carbocycles. The summed E-state index contributed by atoms with van der Waals surface area (Å²) in [5.74, 6) is -1.50. The fourth-order valence-electron chi connectivity index (χ4n) is 1.57. The fourth-order valence-corrected chi connectivity index (χ4v) is 1.57. The highest BCUT2D eigenvalue weighted by Gasteiger charge is 2.07. The van der Waals surface area contributed by atoms with Crippen LogP contribution in [0, 0.1) is 18.6 Å². The maximum absolute atomic E-state index is 13.0. The molecule has 0 amide bonds. The van der Waals surface area contributed by atoms with Gasteiger partial charge in [0.25, 0.3) is 0 Å². The zero-order valence-electron chi connectivity index (χ0n) is 11.2. The number of hydrogen-bond donors (Lipinski definition) is 1. The second-order valence-corrected chi connectivity index (χ2v) is 4.08. The summed E-state index contributed by atoms with van der Waals surface area (Å²) >= 11 is 0. The Bertz CT molecular complexity index is 312. The first kappa shape index (κ1) is 16.0. The van der Waals surface area contributed by atoms with E-state index in [1.165, 1.54) is 6.07 Å². The van der Waals surface area contributed by atoms with Gasteiger partial charge in [0, 0.05) is 6.04 Å². The highest BCUT2D eigenvalue weighted by molar-refractivity contribution is 5.25. The third kappa shape index (κ3) is 5.78. The molecule has 0 aromatic heterocycles. The second-order valence-electron chi connectivity index (χ2n) is 4.08. The molecule has 0 aliphatic heterocycles. The van der Waals surface area contributed by atoms with Gasteiger partial charge in [0.1, 0.15) is 0 Å². The third-order valence-corrected chi connectivity index (χ3v) is 2.39. The van der Waals surface area contributed by atoms with Gasteiger partial charge < -0.3 is 5.73 Å². The fraction of sp³-hybridized carbons (Fsp3) is 0.571. The van der Waals surface area contributed by atoms with Gasteiger partial charge >= 0.3 is 0 Å². The highest BCUT2D eigenvalue weighted by atomic mass is 19.2. The molecule has 0 radical (unpaired) electrons. The summed E-state index contributed by atoms with van der Waals surface area (Å²) in [5.41, 5.74) is 6.81. The van der Waals surface area contributed by atoms with E-state index in [2.05, 4.69) is 0 Å². The quantitative estimate of drug-likeness (QED) is 0.850. The lowest BCUT2D eigenvalue weighted by molar-refractivity contribution is 0.500. The molecule has 1 nitrogen and oxygen atoms in total. The number of hydrogen-bond acceptors (Lipinski definition) is 1. The van der Waals surface area contributed by atoms with Crippen molar-refractivity contribution in [1.29, 1.82) is 0 Å². The van der Waals surface area contributed by atoms with Gasteiger partial charge in [-0.3, -0.25) is 0 Å². The third-order valence-electron chi connectivity index (χ3n) is 2.39. The summed E-state index contributed by atoms with van der Waals surface area (Å²) < 4.78 is 26.0. The molecule has 2 N–H and O–H groups in total. The minimum Gasteiger partial charge on any atom is -0.328 e. The minimum atomic E-state index is -0.759. The smallest absolute Gasteiger partial charge is 0.161 e. The zero-order valence-corrected chi connectivity index (χ0v) is 11.2. The van der Waals surface area contributed by atoms with Gasteiger partial charge in [0.05, 0.1) is 0 Å². The molecule has 3 heteroatoms. The van der Waals surface area contributed by atoms with Crippen LogP contribution >= 0.6 is 0 Å². The van der Waals surface area contributed by atoms with E-state index in [1.807, 2.05) is 20.8 Å². The van der Waals surface area contributed by atoms with Gasteiger partial charge in [-0.15, -0.1) is 0 Å². The van der Waals surface area contributed by atoms with Crippen molar-refractivity contribution >= 4 is 0 Å². The molecule has 98 valence electrons. The Labute approximate surface area is 103 Å². The van der Waals surface area contributed by atoms with E-state index in [9.17, 15) is 8.78 Å². The molecule has 0 bridgehead atoms. The molecule has 1 atom stereocenters. The lowest BCUT2D eigenvalue weighted by Crippen LogP contribution is -2.14. The molecule has 1 aromatic carbocycles. The van der Waals surface area contributed by atoms with Crippen LogP contribution in [-0.4, -0.2) is 6.04 Å². The molecule has 1 rings (SSSR count). The number of rotatable bonds is 4. The van der Waals surface area contributed by atoms with E-state index in [0.717, 1.165) is 24.8 Å². The van der Waals surface area contributed by atoms with E-state index >= 15 is 0 Å². The second kappa shape index (κ2) is 8.18. The van der Waals surface area contributed by atoms with Gasteiger partial charge in [-0.05, 0) is 50.3 Å². The van der Waals surface area contributed by atoms with Crippen molar-refractivity contribution in [3.8, 4) is 0 Å². The lowest BCUT2D eigenvalue weighted by atomic mass is 10.0. The molecular formula is C14H23F2N. The Balaban J connectivity index is 0.00000121. The molecule has 0 fully saturated rings. The number of halogens is 2. The van der Waals surface area contributed by atoms with Crippen LogP contribution in [0.4, 0.5) is 8.78 Å². The van der Waals surface area contributed by atoms with Gasteiger partial charge in [0.2, 0.25) is 0 Å². The maximum atomic E-state index is 13.0. The predicted octanol–water partition coefficient (Wildman–Crippen LogP) is 3.97. The summed E-state index contributed by atoms with van der Waals surface area (Å²) in [6, 6.07) is 3.12. The van der Waals surface area contributed by atoms with E-state index in [4.69, 9.17) is 5.73 Å². The Morgan fingerprint density at radius 1 is 1.24 bits per heavy atom. The van der Waals surface area contributed by atoms with Crippen LogP contribution in [0.3, 0.4) is 0 Å². The van der Waals surface area contributed by atoms with Crippen LogP contribution < -0.4 is 5.73 Å². The zero-order chi connectivity index (χ0) is 13.4. The Morgan fingerprint density at radius 3 is 2.29 bits per heavy atom. The first-order chi connectivity index (χ1) is 8.00. The van der Waals surface area contributed by atoms with Crippen molar-refractivity contribution in [3.05, 3.63) is 34.9 Å². The van der Waals surface area contributed by atoms with E-state index in [0.29, 0.717) is 5.56 Å². The van der Waals surface area contributed by atoms with Crippen LogP contribution in [0.2, 0.25) is 0 Å². The topological polar surface area (TPSA) is 26.0 Å². The van der Waals surface area contributed by atoms with E-state index in [-0.39, 0.29) is 6.04 Å². The number of benzene rings is 1.